The van der Waals surface area contributed by atoms with Crippen molar-refractivity contribution >= 4 is 43.6 Å². The molecule has 11 rings (SSSR count). The van der Waals surface area contributed by atoms with Crippen LogP contribution in [-0.2, 0) is 5.41 Å². The van der Waals surface area contributed by atoms with Crippen molar-refractivity contribution < 1.29 is 0 Å². The Labute approximate surface area is 309 Å². The predicted molar refractivity (Wildman–Crippen MR) is 224 cm³/mol. The van der Waals surface area contributed by atoms with Gasteiger partial charge in [0, 0.05) is 32.9 Å². The van der Waals surface area contributed by atoms with E-state index in [9.17, 15) is 0 Å². The molecule has 0 saturated heterocycles. The minimum atomic E-state index is -0.480. The molecule has 0 saturated carbocycles. The molecule has 2 aromatic heterocycles. The van der Waals surface area contributed by atoms with Gasteiger partial charge in [0.05, 0.1) is 27.5 Å². The predicted octanol–water partition coefficient (Wildman–Crippen LogP) is 13.3. The minimum Gasteiger partial charge on any atom is -0.309 e. The third-order valence-electron chi connectivity index (χ3n) is 11.2. The van der Waals surface area contributed by atoms with Crippen molar-refractivity contribution in [2.45, 2.75) is 19.3 Å². The van der Waals surface area contributed by atoms with Gasteiger partial charge in [0.15, 0.2) is 0 Å². The van der Waals surface area contributed by atoms with Gasteiger partial charge in [-0.05, 0) is 81.9 Å². The number of nitrogens with zero attached hydrogens (tertiary/aromatic N) is 2. The largest absolute Gasteiger partial charge is 0.309 e. The van der Waals surface area contributed by atoms with Gasteiger partial charge in [0.1, 0.15) is 0 Å². The lowest BCUT2D eigenvalue weighted by atomic mass is 9.68. The van der Waals surface area contributed by atoms with Gasteiger partial charge >= 0.3 is 0 Å². The van der Waals surface area contributed by atoms with Gasteiger partial charge in [-0.25, -0.2) is 0 Å². The summed E-state index contributed by atoms with van der Waals surface area (Å²) in [5.41, 5.74) is 14.4. The van der Waals surface area contributed by atoms with E-state index >= 15 is 0 Å². The fourth-order valence-electron chi connectivity index (χ4n) is 9.15. The highest BCUT2D eigenvalue weighted by Gasteiger charge is 2.46. The lowest BCUT2D eigenvalue weighted by Gasteiger charge is -2.34. The van der Waals surface area contributed by atoms with Gasteiger partial charge in [0.2, 0.25) is 0 Å². The second-order valence-corrected chi connectivity index (χ2v) is 13.7. The van der Waals surface area contributed by atoms with Crippen molar-refractivity contribution in [3.63, 3.8) is 0 Å². The first-order chi connectivity index (χ1) is 26.3. The number of hydrogen-bond donors (Lipinski definition) is 0. The van der Waals surface area contributed by atoms with E-state index in [1.807, 2.05) is 13.8 Å². The molecule has 0 fully saturated rings. The van der Waals surface area contributed by atoms with Crippen LogP contribution in [0.1, 0.15) is 36.1 Å². The quantitative estimate of drug-likeness (QED) is 0.175. The van der Waals surface area contributed by atoms with Crippen LogP contribution in [0.5, 0.6) is 0 Å². The second kappa shape index (κ2) is 12.3. The standard InChI is InChI=1S/C49H32N2.C2H6/c1-3-15-33(16-4-1)49(34-17-5-2-6-18-34)43-29-27-35(50-45-23-11-7-19-37(45)38-20-8-12-24-46(38)50)31-41(43)42-32-36(28-30-44(42)49)51-47-25-13-9-21-39(47)40-22-10-14-26-48(40)51;1-2/h1-32H;1-2H3. The van der Waals surface area contributed by atoms with Crippen LogP contribution in [0.4, 0.5) is 0 Å². The fourth-order valence-corrected chi connectivity index (χ4v) is 9.15. The number of rotatable bonds is 4. The Kier molecular flexibility index (Phi) is 7.19. The highest BCUT2D eigenvalue weighted by atomic mass is 15.0. The Balaban J connectivity index is 0.00000172. The summed E-state index contributed by atoms with van der Waals surface area (Å²) in [6.07, 6.45) is 0. The average Bonchev–Trinajstić information content (AvgIpc) is 3.86. The van der Waals surface area contributed by atoms with Gasteiger partial charge in [-0.15, -0.1) is 0 Å². The van der Waals surface area contributed by atoms with Crippen LogP contribution in [-0.4, -0.2) is 9.13 Å². The van der Waals surface area contributed by atoms with Crippen molar-refractivity contribution in [3.05, 3.63) is 216 Å². The number of fused-ring (bicyclic) bond motifs is 9. The SMILES string of the molecule is CC.c1ccc(C2(c3ccccc3)c3ccc(-n4c5ccccc5c5ccccc54)cc3-c3cc(-n4c5ccccc5c5ccccc54)ccc32)cc1. The summed E-state index contributed by atoms with van der Waals surface area (Å²) in [5.74, 6) is 0. The summed E-state index contributed by atoms with van der Waals surface area (Å²) in [4.78, 5) is 0. The molecule has 53 heavy (non-hydrogen) atoms. The Hall–Kier alpha value is -6.64. The van der Waals surface area contributed by atoms with E-state index in [4.69, 9.17) is 0 Å². The molecular weight excluding hydrogens is 641 g/mol. The van der Waals surface area contributed by atoms with Gasteiger partial charge in [-0.1, -0.05) is 159 Å². The van der Waals surface area contributed by atoms with Crippen LogP contribution in [0.2, 0.25) is 0 Å². The molecule has 0 unspecified atom stereocenters. The van der Waals surface area contributed by atoms with Crippen LogP contribution in [0.15, 0.2) is 194 Å². The molecule has 0 atom stereocenters. The topological polar surface area (TPSA) is 9.86 Å². The van der Waals surface area contributed by atoms with E-state index < -0.39 is 5.41 Å². The van der Waals surface area contributed by atoms with Gasteiger partial charge in [0.25, 0.3) is 0 Å². The smallest absolute Gasteiger partial charge is 0.0713 e. The van der Waals surface area contributed by atoms with Crippen molar-refractivity contribution in [2.75, 3.05) is 0 Å². The van der Waals surface area contributed by atoms with Crippen LogP contribution >= 0.6 is 0 Å². The fraction of sp³-hybridized carbons (Fsp3) is 0.0588. The van der Waals surface area contributed by atoms with E-state index in [0.29, 0.717) is 0 Å². The Bertz CT molecular complexity index is 2650. The molecule has 0 aliphatic heterocycles. The number of hydrogen-bond acceptors (Lipinski definition) is 0. The number of para-hydroxylation sites is 4. The lowest BCUT2D eigenvalue weighted by molar-refractivity contribution is 0.768. The summed E-state index contributed by atoms with van der Waals surface area (Å²) < 4.78 is 4.87. The highest BCUT2D eigenvalue weighted by molar-refractivity contribution is 6.10. The third-order valence-corrected chi connectivity index (χ3v) is 11.2. The summed E-state index contributed by atoms with van der Waals surface area (Å²) in [6.45, 7) is 4.00. The van der Waals surface area contributed by atoms with E-state index in [-0.39, 0.29) is 0 Å². The van der Waals surface area contributed by atoms with Gasteiger partial charge in [-0.3, -0.25) is 0 Å². The molecule has 2 nitrogen and oxygen atoms in total. The normalized spacial score (nSPS) is 12.9. The zero-order valence-corrected chi connectivity index (χ0v) is 29.9. The maximum Gasteiger partial charge on any atom is 0.0713 e. The van der Waals surface area contributed by atoms with Crippen molar-refractivity contribution in [1.82, 2.24) is 9.13 Å². The average molecular weight is 679 g/mol. The maximum absolute atomic E-state index is 2.44. The van der Waals surface area contributed by atoms with Crippen molar-refractivity contribution in [2.24, 2.45) is 0 Å². The summed E-state index contributed by atoms with van der Waals surface area (Å²) >= 11 is 0. The molecule has 0 radical (unpaired) electrons. The van der Waals surface area contributed by atoms with Gasteiger partial charge < -0.3 is 9.13 Å². The van der Waals surface area contributed by atoms with Crippen LogP contribution < -0.4 is 0 Å². The molecule has 252 valence electrons. The highest BCUT2D eigenvalue weighted by Crippen LogP contribution is 2.57. The van der Waals surface area contributed by atoms with Crippen LogP contribution in [0.3, 0.4) is 0 Å². The minimum absolute atomic E-state index is 0.480. The molecule has 1 aliphatic rings. The second-order valence-electron chi connectivity index (χ2n) is 13.7. The zero-order chi connectivity index (χ0) is 35.5. The maximum atomic E-state index is 2.44. The van der Waals surface area contributed by atoms with Crippen molar-refractivity contribution in [1.29, 1.82) is 0 Å². The summed E-state index contributed by atoms with van der Waals surface area (Å²) in [5, 5.41) is 5.08. The monoisotopic (exact) mass is 678 g/mol. The Morgan fingerprint density at radius 2 is 0.623 bits per heavy atom. The van der Waals surface area contributed by atoms with Crippen molar-refractivity contribution in [3.8, 4) is 22.5 Å². The molecule has 0 bridgehead atoms. The van der Waals surface area contributed by atoms with Gasteiger partial charge in [-0.2, -0.15) is 0 Å². The molecule has 2 heteroatoms. The molecule has 2 heterocycles. The molecule has 10 aromatic rings. The first kappa shape index (κ1) is 31.1. The Morgan fingerprint density at radius 3 is 0.962 bits per heavy atom. The number of benzene rings is 8. The molecule has 0 amide bonds. The van der Waals surface area contributed by atoms with E-state index in [2.05, 4.69) is 203 Å². The van der Waals surface area contributed by atoms with E-state index in [0.717, 1.165) is 11.4 Å². The zero-order valence-electron chi connectivity index (χ0n) is 29.9. The summed E-state index contributed by atoms with van der Waals surface area (Å²) in [7, 11) is 0. The first-order valence-corrected chi connectivity index (χ1v) is 18.7. The number of aromatic nitrogens is 2. The van der Waals surface area contributed by atoms with Crippen LogP contribution in [0.25, 0.3) is 66.1 Å². The molecule has 8 aromatic carbocycles. The third kappa shape index (κ3) is 4.39. The molecular formula is C51H38N2. The van der Waals surface area contributed by atoms with Crippen LogP contribution in [0, 0.1) is 0 Å². The summed E-state index contributed by atoms with van der Waals surface area (Å²) in [6, 6.07) is 71.6. The van der Waals surface area contributed by atoms with E-state index in [1.165, 1.54) is 77.0 Å². The first-order valence-electron chi connectivity index (χ1n) is 18.7. The lowest BCUT2D eigenvalue weighted by Crippen LogP contribution is -2.28. The molecule has 1 aliphatic carbocycles. The molecule has 0 N–H and O–H groups in total. The van der Waals surface area contributed by atoms with E-state index in [1.54, 1.807) is 0 Å². The molecule has 0 spiro atoms. The Morgan fingerprint density at radius 1 is 0.321 bits per heavy atom.